The van der Waals surface area contributed by atoms with Crippen molar-refractivity contribution in [3.8, 4) is 0 Å². The molecule has 25 heavy (non-hydrogen) atoms. The Hall–Kier alpha value is -1.63. The Labute approximate surface area is 152 Å². The first-order chi connectivity index (χ1) is 11.9. The Morgan fingerprint density at radius 1 is 1.52 bits per heavy atom. The first-order valence-corrected chi connectivity index (χ1v) is 9.63. The quantitative estimate of drug-likeness (QED) is 0.441. The van der Waals surface area contributed by atoms with E-state index in [0.29, 0.717) is 28.8 Å². The van der Waals surface area contributed by atoms with Gasteiger partial charge in [0.1, 0.15) is 17.1 Å². The zero-order valence-corrected chi connectivity index (χ0v) is 15.5. The van der Waals surface area contributed by atoms with Crippen LogP contribution >= 0.6 is 23.5 Å². The summed E-state index contributed by atoms with van der Waals surface area (Å²) < 4.78 is 1.69. The van der Waals surface area contributed by atoms with Crippen LogP contribution in [0.5, 0.6) is 0 Å². The van der Waals surface area contributed by atoms with Gasteiger partial charge in [-0.3, -0.25) is 9.69 Å². The van der Waals surface area contributed by atoms with Crippen molar-refractivity contribution in [3.63, 3.8) is 0 Å². The zero-order chi connectivity index (χ0) is 18.1. The number of carbonyl (C=O) groups is 2. The van der Waals surface area contributed by atoms with E-state index in [4.69, 9.17) is 5.73 Å². The first kappa shape index (κ1) is 18.2. The fourth-order valence-electron chi connectivity index (χ4n) is 2.58. The largest absolute Gasteiger partial charge is 0.477 e. The van der Waals surface area contributed by atoms with Gasteiger partial charge in [-0.15, -0.1) is 16.9 Å². The van der Waals surface area contributed by atoms with E-state index >= 15 is 0 Å². The highest BCUT2D eigenvalue weighted by molar-refractivity contribution is 8.01. The summed E-state index contributed by atoms with van der Waals surface area (Å²) in [5, 5.41) is 21.5. The summed E-state index contributed by atoms with van der Waals surface area (Å²) in [6, 6.07) is -0.619. The van der Waals surface area contributed by atoms with Crippen molar-refractivity contribution in [1.29, 1.82) is 0 Å². The number of carbonyl (C=O) groups excluding carboxylic acids is 1. The molecule has 0 radical (unpaired) electrons. The van der Waals surface area contributed by atoms with E-state index in [9.17, 15) is 14.7 Å². The van der Waals surface area contributed by atoms with Crippen molar-refractivity contribution in [1.82, 2.24) is 30.0 Å². The molecule has 0 bridgehead atoms. The molecule has 3 N–H and O–H groups in total. The molecule has 3 heterocycles. The fourth-order valence-corrected chi connectivity index (χ4v) is 4.91. The van der Waals surface area contributed by atoms with Gasteiger partial charge in [-0.05, 0) is 30.1 Å². The normalized spacial score (nSPS) is 23.0. The smallest absolute Gasteiger partial charge is 0.352 e. The van der Waals surface area contributed by atoms with Crippen LogP contribution in [0.3, 0.4) is 0 Å². The minimum atomic E-state index is -1.10. The SMILES string of the molecule is CN(C)CCn1nnnc1SCC1=C(C(=O)O)N2C(=O)C(N)C2SC1. The van der Waals surface area contributed by atoms with E-state index in [1.807, 2.05) is 19.0 Å². The standard InChI is InChI=1S/C13H19N7O3S2/c1-18(2)3-4-19-13(15-16-17-19)25-6-7-5-24-11-8(14)10(21)20(11)9(7)12(22)23/h8,11H,3-6,14H2,1-2H3,(H,22,23). The van der Waals surface area contributed by atoms with Crippen LogP contribution in [-0.2, 0) is 16.1 Å². The maximum Gasteiger partial charge on any atom is 0.352 e. The van der Waals surface area contributed by atoms with Crippen LogP contribution in [0, 0.1) is 0 Å². The zero-order valence-electron chi connectivity index (χ0n) is 13.8. The Morgan fingerprint density at radius 2 is 2.28 bits per heavy atom. The second-order valence-electron chi connectivity index (χ2n) is 5.97. The number of thioether (sulfide) groups is 2. The molecule has 0 aromatic carbocycles. The van der Waals surface area contributed by atoms with Gasteiger partial charge in [-0.2, -0.15) is 0 Å². The molecule has 2 atom stereocenters. The molecule has 2 aliphatic rings. The van der Waals surface area contributed by atoms with Crippen LogP contribution in [0.15, 0.2) is 16.4 Å². The molecular formula is C13H19N7O3S2. The second kappa shape index (κ2) is 7.32. The molecule has 12 heteroatoms. The van der Waals surface area contributed by atoms with Crippen LogP contribution in [0.2, 0.25) is 0 Å². The van der Waals surface area contributed by atoms with Crippen LogP contribution in [0.4, 0.5) is 0 Å². The molecule has 2 aliphatic heterocycles. The van der Waals surface area contributed by atoms with Crippen molar-refractivity contribution in [2.45, 2.75) is 23.1 Å². The van der Waals surface area contributed by atoms with Crippen molar-refractivity contribution >= 4 is 35.4 Å². The summed E-state index contributed by atoms with van der Waals surface area (Å²) in [7, 11) is 3.93. The molecule has 3 rings (SSSR count). The van der Waals surface area contributed by atoms with E-state index in [1.165, 1.54) is 28.4 Å². The van der Waals surface area contributed by atoms with Gasteiger partial charge in [0.25, 0.3) is 0 Å². The van der Waals surface area contributed by atoms with E-state index in [1.54, 1.807) is 4.68 Å². The van der Waals surface area contributed by atoms with E-state index in [-0.39, 0.29) is 17.0 Å². The number of carboxylic acid groups (broad SMARTS) is 1. The number of amides is 1. The lowest BCUT2D eigenvalue weighted by atomic mass is 10.0. The Morgan fingerprint density at radius 3 is 2.96 bits per heavy atom. The third-order valence-corrected chi connectivity index (χ3v) is 6.33. The van der Waals surface area contributed by atoms with Gasteiger partial charge >= 0.3 is 5.97 Å². The number of nitrogens with two attached hydrogens (primary N) is 1. The second-order valence-corrected chi connectivity index (χ2v) is 8.02. The van der Waals surface area contributed by atoms with Crippen LogP contribution in [0.1, 0.15) is 0 Å². The lowest BCUT2D eigenvalue weighted by molar-refractivity contribution is -0.147. The van der Waals surface area contributed by atoms with Gasteiger partial charge in [0.05, 0.1) is 6.54 Å². The fraction of sp³-hybridized carbons (Fsp3) is 0.615. The van der Waals surface area contributed by atoms with Crippen LogP contribution in [0.25, 0.3) is 0 Å². The molecule has 10 nitrogen and oxygen atoms in total. The minimum Gasteiger partial charge on any atom is -0.477 e. The molecular weight excluding hydrogens is 366 g/mol. The Bertz CT molecular complexity index is 720. The van der Waals surface area contributed by atoms with Crippen LogP contribution < -0.4 is 5.73 Å². The minimum absolute atomic E-state index is 0.0512. The summed E-state index contributed by atoms with van der Waals surface area (Å²) in [5.74, 6) is -0.514. The highest BCUT2D eigenvalue weighted by atomic mass is 32.2. The summed E-state index contributed by atoms with van der Waals surface area (Å²) in [5.41, 5.74) is 6.48. The summed E-state index contributed by atoms with van der Waals surface area (Å²) in [6.07, 6.45) is 0. The molecule has 1 amide bonds. The highest BCUT2D eigenvalue weighted by Crippen LogP contribution is 2.40. The number of hydrogen-bond donors (Lipinski definition) is 2. The van der Waals surface area contributed by atoms with Gasteiger partial charge in [-0.25, -0.2) is 9.48 Å². The van der Waals surface area contributed by atoms with Gasteiger partial charge in [0.15, 0.2) is 0 Å². The number of rotatable bonds is 7. The number of aliphatic carboxylic acids is 1. The van der Waals surface area contributed by atoms with Gasteiger partial charge < -0.3 is 15.7 Å². The predicted octanol–water partition coefficient (Wildman–Crippen LogP) is -1.09. The van der Waals surface area contributed by atoms with Crippen molar-refractivity contribution in [3.05, 3.63) is 11.3 Å². The molecule has 1 saturated heterocycles. The lowest BCUT2D eigenvalue weighted by Gasteiger charge is -2.48. The number of nitrogens with zero attached hydrogens (tertiary/aromatic N) is 6. The Balaban J connectivity index is 1.73. The van der Waals surface area contributed by atoms with E-state index in [2.05, 4.69) is 15.5 Å². The number of hydrogen-bond acceptors (Lipinski definition) is 9. The number of β-lactam (4-membered cyclic amide) rings is 1. The molecule has 0 saturated carbocycles. The van der Waals surface area contributed by atoms with Crippen molar-refractivity contribution < 1.29 is 14.7 Å². The summed E-state index contributed by atoms with van der Waals surface area (Å²) in [4.78, 5) is 26.9. The Kier molecular flexibility index (Phi) is 5.32. The van der Waals surface area contributed by atoms with E-state index < -0.39 is 12.0 Å². The lowest BCUT2D eigenvalue weighted by Crippen LogP contribution is -2.68. The maximum atomic E-state index is 11.9. The molecule has 136 valence electrons. The molecule has 0 aliphatic carbocycles. The molecule has 1 aromatic rings. The van der Waals surface area contributed by atoms with Gasteiger partial charge in [0, 0.05) is 18.1 Å². The molecule has 0 spiro atoms. The topological polar surface area (TPSA) is 130 Å². The average molecular weight is 385 g/mol. The van der Waals surface area contributed by atoms with Gasteiger partial charge in [0.2, 0.25) is 11.1 Å². The number of fused-ring (bicyclic) bond motifs is 1. The number of tetrazole rings is 1. The number of aromatic nitrogens is 4. The third-order valence-electron chi connectivity index (χ3n) is 3.92. The first-order valence-electron chi connectivity index (χ1n) is 7.59. The summed E-state index contributed by atoms with van der Waals surface area (Å²) in [6.45, 7) is 1.43. The molecule has 1 aromatic heterocycles. The van der Waals surface area contributed by atoms with Crippen molar-refractivity contribution in [2.75, 3.05) is 32.1 Å². The number of carboxylic acids is 1. The monoisotopic (exact) mass is 385 g/mol. The summed E-state index contributed by atoms with van der Waals surface area (Å²) >= 11 is 2.86. The number of likely N-dealkylation sites (N-methyl/N-ethyl adjacent to an activating group) is 1. The van der Waals surface area contributed by atoms with E-state index in [0.717, 1.165) is 6.54 Å². The third kappa shape index (κ3) is 3.52. The predicted molar refractivity (Wildman–Crippen MR) is 92.8 cm³/mol. The molecule has 2 unspecified atom stereocenters. The maximum absolute atomic E-state index is 11.9. The highest BCUT2D eigenvalue weighted by Gasteiger charge is 2.51. The van der Waals surface area contributed by atoms with Crippen LogP contribution in [-0.4, -0.2) is 90.6 Å². The molecule has 1 fully saturated rings. The average Bonchev–Trinajstić information content (AvgIpc) is 3.03. The van der Waals surface area contributed by atoms with Gasteiger partial charge in [-0.1, -0.05) is 11.8 Å². The van der Waals surface area contributed by atoms with Crippen molar-refractivity contribution in [2.24, 2.45) is 5.73 Å².